The molecule has 1 aliphatic heterocycles. The molecule has 1 spiro atoms. The first kappa shape index (κ1) is 13.3. The number of esters is 2. The molecule has 0 unspecified atom stereocenters. The maximum atomic E-state index is 12.4. The van der Waals surface area contributed by atoms with Crippen LogP contribution in [0.2, 0.25) is 0 Å². The highest BCUT2D eigenvalue weighted by Gasteiger charge is 2.90. The van der Waals surface area contributed by atoms with E-state index in [0.29, 0.717) is 18.3 Å². The van der Waals surface area contributed by atoms with E-state index in [1.165, 1.54) is 7.11 Å². The average molecular weight is 306 g/mol. The van der Waals surface area contributed by atoms with E-state index in [-0.39, 0.29) is 40.5 Å². The highest BCUT2D eigenvalue weighted by atomic mass is 16.6. The van der Waals surface area contributed by atoms with Gasteiger partial charge in [-0.25, -0.2) is 0 Å². The van der Waals surface area contributed by atoms with Gasteiger partial charge in [0.25, 0.3) is 0 Å². The van der Waals surface area contributed by atoms with E-state index < -0.39 is 11.7 Å². The molecule has 0 radical (unpaired) electrons. The Hall–Kier alpha value is -1.10. The van der Waals surface area contributed by atoms with E-state index in [4.69, 9.17) is 9.47 Å². The maximum absolute atomic E-state index is 12.4. The number of methoxy groups -OCH3 is 1. The molecule has 4 saturated carbocycles. The normalized spacial score (nSPS) is 58.8. The molecule has 1 saturated heterocycles. The third kappa shape index (κ3) is 1.05. The number of carbonyl (C=O) groups is 2. The lowest BCUT2D eigenvalue weighted by molar-refractivity contribution is -0.206. The van der Waals surface area contributed by atoms with Gasteiger partial charge in [-0.3, -0.25) is 9.59 Å². The number of ether oxygens (including phenoxy) is 2. The van der Waals surface area contributed by atoms with Crippen molar-refractivity contribution in [3.05, 3.63) is 0 Å². The van der Waals surface area contributed by atoms with E-state index in [1.807, 2.05) is 0 Å². The molecule has 1 N–H and O–H groups in total. The molecule has 4 aliphatic carbocycles. The summed E-state index contributed by atoms with van der Waals surface area (Å²) in [5, 5.41) is 11.0. The summed E-state index contributed by atoms with van der Waals surface area (Å²) >= 11 is 0. The molecular formula is C17H22O5. The van der Waals surface area contributed by atoms with Gasteiger partial charge in [-0.1, -0.05) is 13.8 Å². The lowest BCUT2D eigenvalue weighted by Gasteiger charge is -2.46. The molecule has 5 aliphatic rings. The molecule has 120 valence electrons. The third-order valence-electron chi connectivity index (χ3n) is 7.74. The fraction of sp³-hybridized carbons (Fsp3) is 0.882. The first-order valence-electron chi connectivity index (χ1n) is 8.29. The topological polar surface area (TPSA) is 72.8 Å². The van der Waals surface area contributed by atoms with Crippen LogP contribution in [-0.4, -0.2) is 35.9 Å². The van der Waals surface area contributed by atoms with Crippen LogP contribution < -0.4 is 0 Å². The zero-order chi connectivity index (χ0) is 15.7. The SMILES string of the molecule is COC(=O)[C@H]1C[C@@]23OC(=O)[C@H]4[C@H]5C[C@@H]1[C@]2(CC(C)(C)[C@H]3O)[C@H]54. The van der Waals surface area contributed by atoms with Crippen molar-refractivity contribution in [3.63, 3.8) is 0 Å². The summed E-state index contributed by atoms with van der Waals surface area (Å²) in [4.78, 5) is 24.7. The van der Waals surface area contributed by atoms with Crippen LogP contribution in [0.5, 0.6) is 0 Å². The minimum Gasteiger partial charge on any atom is -0.469 e. The van der Waals surface area contributed by atoms with Crippen molar-refractivity contribution >= 4 is 11.9 Å². The Morgan fingerprint density at radius 2 is 2.14 bits per heavy atom. The van der Waals surface area contributed by atoms with Crippen LogP contribution in [0.1, 0.15) is 33.1 Å². The molecule has 0 bridgehead atoms. The van der Waals surface area contributed by atoms with Crippen LogP contribution in [0, 0.1) is 40.4 Å². The maximum Gasteiger partial charge on any atom is 0.310 e. The van der Waals surface area contributed by atoms with Gasteiger partial charge >= 0.3 is 11.9 Å². The first-order valence-corrected chi connectivity index (χ1v) is 8.29. The van der Waals surface area contributed by atoms with Gasteiger partial charge in [0.15, 0.2) is 0 Å². The van der Waals surface area contributed by atoms with Crippen LogP contribution >= 0.6 is 0 Å². The molecule has 22 heavy (non-hydrogen) atoms. The van der Waals surface area contributed by atoms with E-state index in [1.54, 1.807) is 0 Å². The Morgan fingerprint density at radius 3 is 2.82 bits per heavy atom. The monoisotopic (exact) mass is 306 g/mol. The van der Waals surface area contributed by atoms with Gasteiger partial charge in [0.05, 0.1) is 25.0 Å². The van der Waals surface area contributed by atoms with Gasteiger partial charge in [0.2, 0.25) is 0 Å². The summed E-state index contributed by atoms with van der Waals surface area (Å²) in [5.41, 5.74) is -1.37. The van der Waals surface area contributed by atoms with Crippen molar-refractivity contribution < 1.29 is 24.2 Å². The van der Waals surface area contributed by atoms with Crippen molar-refractivity contribution in [1.82, 2.24) is 0 Å². The minimum absolute atomic E-state index is 0.0156. The summed E-state index contributed by atoms with van der Waals surface area (Å²) in [6.45, 7) is 4.11. The molecule has 5 heteroatoms. The van der Waals surface area contributed by atoms with Gasteiger partial charge in [-0.15, -0.1) is 0 Å². The van der Waals surface area contributed by atoms with Gasteiger partial charge < -0.3 is 14.6 Å². The zero-order valence-corrected chi connectivity index (χ0v) is 13.2. The summed E-state index contributed by atoms with van der Waals surface area (Å²) in [5.74, 6) is 0.274. The summed E-state index contributed by atoms with van der Waals surface area (Å²) in [7, 11) is 1.42. The number of hydrogen-bond donors (Lipinski definition) is 1. The second-order valence-corrected chi connectivity index (χ2v) is 8.81. The van der Waals surface area contributed by atoms with E-state index in [0.717, 1.165) is 12.8 Å². The quantitative estimate of drug-likeness (QED) is 0.735. The Kier molecular flexibility index (Phi) is 2.05. The van der Waals surface area contributed by atoms with Crippen molar-refractivity contribution in [2.75, 3.05) is 7.11 Å². The average Bonchev–Trinajstić information content (AvgIpc) is 2.93. The van der Waals surface area contributed by atoms with Crippen molar-refractivity contribution in [2.45, 2.75) is 44.8 Å². The Bertz CT molecular complexity index is 612. The van der Waals surface area contributed by atoms with E-state index in [2.05, 4.69) is 13.8 Å². The lowest BCUT2D eigenvalue weighted by Crippen LogP contribution is -2.57. The second kappa shape index (κ2) is 3.37. The number of hydrogen-bond acceptors (Lipinski definition) is 5. The Morgan fingerprint density at radius 1 is 1.41 bits per heavy atom. The summed E-state index contributed by atoms with van der Waals surface area (Å²) in [6.07, 6.45) is 1.47. The molecule has 8 atom stereocenters. The number of fused-ring (bicyclic) bond motifs is 1. The van der Waals surface area contributed by atoms with Gasteiger partial charge in [0.1, 0.15) is 5.60 Å². The van der Waals surface area contributed by atoms with Crippen LogP contribution in [0.3, 0.4) is 0 Å². The molecule has 0 aromatic rings. The second-order valence-electron chi connectivity index (χ2n) is 8.81. The standard InChI is InChI=1S/C17H22O5/c1-15(2)6-16-9-4-7-10(11(7)16)13(19)22-17(16,14(15)20)5-8(9)12(18)21-3/h7-11,14,20H,4-6H2,1-3H3/t7-,8+,9+,10+,11-,14-,16-,17+/m1/s1. The highest BCUT2D eigenvalue weighted by molar-refractivity contribution is 5.82. The van der Waals surface area contributed by atoms with Crippen LogP contribution in [0.4, 0.5) is 0 Å². The summed E-state index contributed by atoms with van der Waals surface area (Å²) < 4.78 is 11.0. The number of aliphatic hydroxyl groups is 1. The predicted molar refractivity (Wildman–Crippen MR) is 74.4 cm³/mol. The van der Waals surface area contributed by atoms with Crippen LogP contribution in [-0.2, 0) is 19.1 Å². The van der Waals surface area contributed by atoms with Gasteiger partial charge in [0, 0.05) is 11.8 Å². The Balaban J connectivity index is 1.71. The molecule has 5 rings (SSSR count). The van der Waals surface area contributed by atoms with Crippen molar-refractivity contribution in [1.29, 1.82) is 0 Å². The first-order chi connectivity index (χ1) is 10.3. The highest BCUT2D eigenvalue weighted by Crippen LogP contribution is 2.85. The minimum atomic E-state index is -0.872. The third-order valence-corrected chi connectivity index (χ3v) is 7.74. The molecule has 0 amide bonds. The van der Waals surface area contributed by atoms with Crippen molar-refractivity contribution in [2.24, 2.45) is 40.4 Å². The van der Waals surface area contributed by atoms with Gasteiger partial charge in [-0.2, -0.15) is 0 Å². The molecule has 0 aromatic carbocycles. The fourth-order valence-electron chi connectivity index (χ4n) is 7.31. The van der Waals surface area contributed by atoms with Crippen molar-refractivity contribution in [3.8, 4) is 0 Å². The van der Waals surface area contributed by atoms with Crippen LogP contribution in [0.25, 0.3) is 0 Å². The smallest absolute Gasteiger partial charge is 0.310 e. The van der Waals surface area contributed by atoms with Crippen LogP contribution in [0.15, 0.2) is 0 Å². The molecule has 1 heterocycles. The molecule has 5 nitrogen and oxygen atoms in total. The Labute approximate surface area is 129 Å². The summed E-state index contributed by atoms with van der Waals surface area (Å²) in [6, 6.07) is 0. The van der Waals surface area contributed by atoms with Gasteiger partial charge in [-0.05, 0) is 36.0 Å². The molecular weight excluding hydrogens is 284 g/mol. The molecule has 0 aromatic heterocycles. The molecule has 5 fully saturated rings. The zero-order valence-electron chi connectivity index (χ0n) is 13.2. The number of carbonyl (C=O) groups excluding carboxylic acids is 2. The van der Waals surface area contributed by atoms with E-state index >= 15 is 0 Å². The largest absolute Gasteiger partial charge is 0.469 e. The van der Waals surface area contributed by atoms with E-state index in [9.17, 15) is 14.7 Å². The number of aliphatic hydroxyl groups excluding tert-OH is 1. The fourth-order valence-corrected chi connectivity index (χ4v) is 7.31. The predicted octanol–water partition coefficient (Wildman–Crippen LogP) is 1.13. The number of rotatable bonds is 1. The lowest BCUT2D eigenvalue weighted by atomic mass is 9.66.